The number of nitrogen functional groups attached to an aromatic ring is 1. The van der Waals surface area contributed by atoms with E-state index in [1.165, 1.54) is 0 Å². The lowest BCUT2D eigenvalue weighted by atomic mass is 9.92. The number of nitrogens with two attached hydrogens (primary N) is 1. The Morgan fingerprint density at radius 3 is 2.44 bits per heavy atom. The molecule has 0 saturated heterocycles. The number of anilines is 1. The molecular weight excluding hydrogens is 331 g/mol. The van der Waals surface area contributed by atoms with E-state index in [1.807, 2.05) is 45.0 Å². The van der Waals surface area contributed by atoms with Crippen LogP contribution in [0.4, 0.5) is 19.0 Å². The van der Waals surface area contributed by atoms with E-state index in [4.69, 9.17) is 5.73 Å². The number of rotatable bonds is 5. The average molecular weight is 353 g/mol. The third-order valence-corrected chi connectivity index (χ3v) is 3.85. The van der Waals surface area contributed by atoms with Gasteiger partial charge in [0.15, 0.2) is 0 Å². The normalized spacial score (nSPS) is 12.4. The van der Waals surface area contributed by atoms with Crippen molar-refractivity contribution in [1.29, 1.82) is 0 Å². The highest BCUT2D eigenvalue weighted by molar-refractivity contribution is 5.83. The minimum Gasteiger partial charge on any atom is -0.384 e. The quantitative estimate of drug-likeness (QED) is 0.876. The van der Waals surface area contributed by atoms with Crippen LogP contribution in [0, 0.1) is 0 Å². The summed E-state index contributed by atoms with van der Waals surface area (Å²) in [7, 11) is 0. The fourth-order valence-electron chi connectivity index (χ4n) is 2.41. The molecule has 0 spiro atoms. The van der Waals surface area contributed by atoms with Crippen LogP contribution in [0.1, 0.15) is 44.9 Å². The number of hydrogen-bond donors (Lipinski definition) is 1. The van der Waals surface area contributed by atoms with Crippen LogP contribution >= 0.6 is 0 Å². The molecule has 0 bridgehead atoms. The minimum atomic E-state index is -4.76. The smallest absolute Gasteiger partial charge is 0.384 e. The van der Waals surface area contributed by atoms with Crippen LogP contribution in [0.15, 0.2) is 30.3 Å². The molecule has 0 aliphatic heterocycles. The first-order valence-corrected chi connectivity index (χ1v) is 8.04. The fraction of sp³-hybridized carbons (Fsp3) is 0.444. The number of carbonyl (C=O) groups excluding carboxylic acids is 1. The summed E-state index contributed by atoms with van der Waals surface area (Å²) in [5.41, 5.74) is 8.32. The van der Waals surface area contributed by atoms with E-state index in [1.54, 1.807) is 10.7 Å². The maximum absolute atomic E-state index is 12.2. The van der Waals surface area contributed by atoms with Crippen molar-refractivity contribution in [2.45, 2.75) is 51.6 Å². The van der Waals surface area contributed by atoms with Gasteiger partial charge in [-0.3, -0.25) is 4.79 Å². The summed E-state index contributed by atoms with van der Waals surface area (Å²) in [4.78, 5) is 10.9. The lowest BCUT2D eigenvalue weighted by molar-refractivity contribution is -0.171. The van der Waals surface area contributed by atoms with Crippen LogP contribution in [-0.4, -0.2) is 21.7 Å². The summed E-state index contributed by atoms with van der Waals surface area (Å²) < 4.78 is 38.3. The molecule has 0 unspecified atom stereocenters. The SMILES string of the molecule is CC(C)(C)c1cc(N)n(-c2cccc(CCCC(=O)C(F)(F)F)c2)n1. The van der Waals surface area contributed by atoms with Gasteiger partial charge in [-0.25, -0.2) is 4.68 Å². The van der Waals surface area contributed by atoms with Gasteiger partial charge in [0.2, 0.25) is 5.78 Å². The van der Waals surface area contributed by atoms with E-state index in [9.17, 15) is 18.0 Å². The average Bonchev–Trinajstić information content (AvgIpc) is 2.88. The topological polar surface area (TPSA) is 60.9 Å². The van der Waals surface area contributed by atoms with Gasteiger partial charge < -0.3 is 5.73 Å². The number of nitrogens with zero attached hydrogens (tertiary/aromatic N) is 2. The van der Waals surface area contributed by atoms with Gasteiger partial charge in [-0.2, -0.15) is 18.3 Å². The molecule has 2 aromatic rings. The molecule has 2 rings (SSSR count). The lowest BCUT2D eigenvalue weighted by Gasteiger charge is -2.14. The van der Waals surface area contributed by atoms with Crippen LogP contribution in [-0.2, 0) is 16.6 Å². The Kier molecular flexibility index (Phi) is 5.25. The zero-order valence-corrected chi connectivity index (χ0v) is 14.5. The standard InChI is InChI=1S/C18H22F3N3O/c1-17(2,3)14-11-16(22)24(23-14)13-8-4-6-12(10-13)7-5-9-15(25)18(19,20)21/h4,6,8,10-11H,5,7,9,22H2,1-3H3. The Labute approximate surface area is 144 Å². The molecule has 2 N–H and O–H groups in total. The van der Waals surface area contributed by atoms with Gasteiger partial charge in [-0.05, 0) is 30.5 Å². The van der Waals surface area contributed by atoms with Crippen molar-refractivity contribution < 1.29 is 18.0 Å². The van der Waals surface area contributed by atoms with Crippen LogP contribution in [0.25, 0.3) is 5.69 Å². The number of aromatic nitrogens is 2. The number of halogens is 3. The van der Waals surface area contributed by atoms with Crippen molar-refractivity contribution in [3.05, 3.63) is 41.6 Å². The second kappa shape index (κ2) is 6.90. The zero-order chi connectivity index (χ0) is 18.8. The number of alkyl halides is 3. The Morgan fingerprint density at radius 2 is 1.88 bits per heavy atom. The number of aryl methyl sites for hydroxylation is 1. The zero-order valence-electron chi connectivity index (χ0n) is 14.5. The number of benzene rings is 1. The van der Waals surface area contributed by atoms with Crippen molar-refractivity contribution in [1.82, 2.24) is 9.78 Å². The Morgan fingerprint density at radius 1 is 1.20 bits per heavy atom. The summed E-state index contributed by atoms with van der Waals surface area (Å²) in [6.07, 6.45) is -4.74. The minimum absolute atomic E-state index is 0.142. The molecule has 25 heavy (non-hydrogen) atoms. The molecule has 0 fully saturated rings. The van der Waals surface area contributed by atoms with Crippen molar-refractivity contribution in [3.8, 4) is 5.69 Å². The molecule has 1 heterocycles. The molecule has 4 nitrogen and oxygen atoms in total. The summed E-state index contributed by atoms with van der Waals surface area (Å²) in [5.74, 6) is -1.19. The maximum Gasteiger partial charge on any atom is 0.449 e. The van der Waals surface area contributed by atoms with E-state index in [-0.39, 0.29) is 11.8 Å². The summed E-state index contributed by atoms with van der Waals surface area (Å²) in [6.45, 7) is 6.10. The highest BCUT2D eigenvalue weighted by atomic mass is 19.4. The first-order chi connectivity index (χ1) is 11.5. The van der Waals surface area contributed by atoms with Gasteiger partial charge in [0.05, 0.1) is 11.4 Å². The predicted molar refractivity (Wildman–Crippen MR) is 90.7 cm³/mol. The van der Waals surface area contributed by atoms with Crippen LogP contribution in [0.2, 0.25) is 0 Å². The second-order valence-electron chi connectivity index (χ2n) is 7.06. The largest absolute Gasteiger partial charge is 0.449 e. The molecule has 0 radical (unpaired) electrons. The molecule has 0 saturated carbocycles. The third kappa shape index (κ3) is 4.84. The monoisotopic (exact) mass is 353 g/mol. The van der Waals surface area contributed by atoms with Gasteiger partial charge in [-0.1, -0.05) is 32.9 Å². The van der Waals surface area contributed by atoms with E-state index >= 15 is 0 Å². The summed E-state index contributed by atoms with van der Waals surface area (Å²) in [5, 5.41) is 4.52. The van der Waals surface area contributed by atoms with E-state index in [0.29, 0.717) is 12.2 Å². The van der Waals surface area contributed by atoms with Crippen molar-refractivity contribution in [3.63, 3.8) is 0 Å². The molecule has 1 aromatic carbocycles. The molecule has 0 aliphatic carbocycles. The molecule has 1 aromatic heterocycles. The Bertz CT molecular complexity index is 758. The van der Waals surface area contributed by atoms with Crippen molar-refractivity contribution in [2.75, 3.05) is 5.73 Å². The van der Waals surface area contributed by atoms with E-state index in [0.717, 1.165) is 16.9 Å². The molecular formula is C18H22F3N3O. The first kappa shape index (κ1) is 19.0. The molecule has 0 aliphatic rings. The fourth-order valence-corrected chi connectivity index (χ4v) is 2.41. The Balaban J connectivity index is 2.12. The Hall–Kier alpha value is -2.31. The van der Waals surface area contributed by atoms with Crippen LogP contribution in [0.5, 0.6) is 0 Å². The first-order valence-electron chi connectivity index (χ1n) is 8.04. The maximum atomic E-state index is 12.2. The molecule has 0 atom stereocenters. The molecule has 0 amide bonds. The summed E-state index contributed by atoms with van der Waals surface area (Å²) >= 11 is 0. The summed E-state index contributed by atoms with van der Waals surface area (Å²) in [6, 6.07) is 9.09. The predicted octanol–water partition coefficient (Wildman–Crippen LogP) is 4.21. The third-order valence-electron chi connectivity index (χ3n) is 3.85. The molecule has 136 valence electrons. The molecule has 7 heteroatoms. The highest BCUT2D eigenvalue weighted by Gasteiger charge is 2.37. The van der Waals surface area contributed by atoms with E-state index in [2.05, 4.69) is 5.10 Å². The van der Waals surface area contributed by atoms with Gasteiger partial charge >= 0.3 is 6.18 Å². The van der Waals surface area contributed by atoms with Crippen LogP contribution in [0.3, 0.4) is 0 Å². The number of hydrogen-bond acceptors (Lipinski definition) is 3. The van der Waals surface area contributed by atoms with Gasteiger partial charge in [0, 0.05) is 17.9 Å². The highest BCUT2D eigenvalue weighted by Crippen LogP contribution is 2.25. The van der Waals surface area contributed by atoms with Gasteiger partial charge in [0.25, 0.3) is 0 Å². The van der Waals surface area contributed by atoms with Crippen molar-refractivity contribution >= 4 is 11.6 Å². The van der Waals surface area contributed by atoms with Gasteiger partial charge in [-0.15, -0.1) is 0 Å². The number of carbonyl (C=O) groups is 1. The van der Waals surface area contributed by atoms with Crippen molar-refractivity contribution in [2.24, 2.45) is 0 Å². The lowest BCUT2D eigenvalue weighted by Crippen LogP contribution is -2.22. The number of Topliss-reactive ketones (excluding diaryl/α,β-unsaturated/α-hetero) is 1. The second-order valence-corrected chi connectivity index (χ2v) is 7.06. The van der Waals surface area contributed by atoms with Gasteiger partial charge in [0.1, 0.15) is 5.82 Å². The van der Waals surface area contributed by atoms with E-state index < -0.39 is 18.4 Å². The number of ketones is 1. The van der Waals surface area contributed by atoms with Crippen LogP contribution < -0.4 is 5.73 Å².